The maximum atomic E-state index is 12.5. The van der Waals surface area contributed by atoms with Crippen molar-refractivity contribution in [2.45, 2.75) is 45.0 Å². The first-order valence-electron chi connectivity index (χ1n) is 8.49. The van der Waals surface area contributed by atoms with Gasteiger partial charge < -0.3 is 24.4 Å². The second-order valence-corrected chi connectivity index (χ2v) is 7.13. The summed E-state index contributed by atoms with van der Waals surface area (Å²) in [5.74, 6) is 0.796. The molecule has 24 heavy (non-hydrogen) atoms. The minimum atomic E-state index is -0.323. The van der Waals surface area contributed by atoms with E-state index in [0.29, 0.717) is 19.7 Å². The van der Waals surface area contributed by atoms with Gasteiger partial charge in [0.25, 0.3) is 0 Å². The number of hydrogen-bond acceptors (Lipinski definition) is 4. The smallest absolute Gasteiger partial charge is 0.322 e. The van der Waals surface area contributed by atoms with Crippen molar-refractivity contribution >= 4 is 11.7 Å². The van der Waals surface area contributed by atoms with Gasteiger partial charge in [-0.2, -0.15) is 0 Å². The van der Waals surface area contributed by atoms with Crippen LogP contribution in [0.15, 0.2) is 24.3 Å². The Balaban J connectivity index is 1.56. The summed E-state index contributed by atoms with van der Waals surface area (Å²) in [6.07, 6.45) is 1.08. The maximum Gasteiger partial charge on any atom is 0.322 e. The molecule has 1 N–H and O–H groups in total. The van der Waals surface area contributed by atoms with Gasteiger partial charge in [0, 0.05) is 18.7 Å². The van der Waals surface area contributed by atoms with Crippen molar-refractivity contribution in [2.24, 2.45) is 0 Å². The summed E-state index contributed by atoms with van der Waals surface area (Å²) in [5, 5.41) is 2.94. The number of benzene rings is 1. The number of anilines is 1. The van der Waals surface area contributed by atoms with Crippen LogP contribution in [0.1, 0.15) is 27.2 Å². The third-order valence-corrected chi connectivity index (χ3v) is 4.15. The standard InChI is InChI=1S/C18H26N2O4/c1-13-10-20(12-18(2,3)24-13)17(21)19-14-4-6-15(7-5-14)23-16-8-9-22-11-16/h4-7,13,16H,8-12H2,1-3H3,(H,19,21). The molecule has 2 saturated heterocycles. The molecule has 1 aromatic rings. The number of hydrogen-bond donors (Lipinski definition) is 1. The number of carbonyl (C=O) groups is 1. The predicted molar refractivity (Wildman–Crippen MR) is 91.5 cm³/mol. The summed E-state index contributed by atoms with van der Waals surface area (Å²) < 4.78 is 17.0. The highest BCUT2D eigenvalue weighted by Gasteiger charge is 2.33. The average molecular weight is 334 g/mol. The van der Waals surface area contributed by atoms with Gasteiger partial charge in [-0.3, -0.25) is 0 Å². The van der Waals surface area contributed by atoms with E-state index < -0.39 is 0 Å². The van der Waals surface area contributed by atoms with Crippen molar-refractivity contribution in [3.05, 3.63) is 24.3 Å². The highest BCUT2D eigenvalue weighted by atomic mass is 16.5. The lowest BCUT2D eigenvalue weighted by Gasteiger charge is -2.41. The van der Waals surface area contributed by atoms with Gasteiger partial charge in [0.05, 0.1) is 31.5 Å². The van der Waals surface area contributed by atoms with Gasteiger partial charge in [-0.15, -0.1) is 0 Å². The molecule has 0 saturated carbocycles. The number of rotatable bonds is 3. The quantitative estimate of drug-likeness (QED) is 0.923. The normalized spacial score (nSPS) is 26.2. The first kappa shape index (κ1) is 17.0. The summed E-state index contributed by atoms with van der Waals surface area (Å²) in [6, 6.07) is 7.37. The van der Waals surface area contributed by atoms with Crippen LogP contribution in [-0.4, -0.2) is 55.0 Å². The second-order valence-electron chi connectivity index (χ2n) is 7.13. The van der Waals surface area contributed by atoms with Gasteiger partial charge in [-0.1, -0.05) is 0 Å². The predicted octanol–water partition coefficient (Wildman–Crippen LogP) is 2.89. The monoisotopic (exact) mass is 334 g/mol. The molecule has 3 rings (SSSR count). The van der Waals surface area contributed by atoms with Crippen molar-refractivity contribution in [1.29, 1.82) is 0 Å². The third-order valence-electron chi connectivity index (χ3n) is 4.15. The molecule has 1 aromatic carbocycles. The number of morpholine rings is 1. The van der Waals surface area contributed by atoms with E-state index in [1.165, 1.54) is 0 Å². The van der Waals surface area contributed by atoms with Crippen LogP contribution < -0.4 is 10.1 Å². The molecule has 2 unspecified atom stereocenters. The molecule has 6 nitrogen and oxygen atoms in total. The summed E-state index contributed by atoms with van der Waals surface area (Å²) in [4.78, 5) is 14.3. The molecule has 2 atom stereocenters. The Bertz CT molecular complexity index is 567. The van der Waals surface area contributed by atoms with Gasteiger partial charge in [0.15, 0.2) is 0 Å². The fraction of sp³-hybridized carbons (Fsp3) is 0.611. The fourth-order valence-corrected chi connectivity index (χ4v) is 3.23. The molecule has 0 spiro atoms. The van der Waals surface area contributed by atoms with E-state index in [1.54, 1.807) is 4.90 Å². The Hall–Kier alpha value is -1.79. The molecule has 0 radical (unpaired) electrons. The first-order chi connectivity index (χ1) is 11.4. The van der Waals surface area contributed by atoms with E-state index in [4.69, 9.17) is 14.2 Å². The van der Waals surface area contributed by atoms with E-state index >= 15 is 0 Å². The molecule has 0 aliphatic carbocycles. The molecule has 2 fully saturated rings. The Morgan fingerprint density at radius 3 is 2.71 bits per heavy atom. The SMILES string of the molecule is CC1CN(C(=O)Nc2ccc(OC3CCOC3)cc2)CC(C)(C)O1. The van der Waals surface area contributed by atoms with Crippen LogP contribution in [0.3, 0.4) is 0 Å². The van der Waals surface area contributed by atoms with Crippen LogP contribution in [0.4, 0.5) is 10.5 Å². The largest absolute Gasteiger partial charge is 0.488 e. The number of ether oxygens (including phenoxy) is 3. The Morgan fingerprint density at radius 1 is 1.33 bits per heavy atom. The molecule has 2 aliphatic heterocycles. The molecule has 2 amide bonds. The van der Waals surface area contributed by atoms with Crippen LogP contribution in [0.5, 0.6) is 5.75 Å². The van der Waals surface area contributed by atoms with Gasteiger partial charge in [0.2, 0.25) is 0 Å². The maximum absolute atomic E-state index is 12.5. The topological polar surface area (TPSA) is 60.0 Å². The van der Waals surface area contributed by atoms with Crippen molar-refractivity contribution in [2.75, 3.05) is 31.6 Å². The highest BCUT2D eigenvalue weighted by Crippen LogP contribution is 2.23. The second kappa shape index (κ2) is 6.99. The molecular weight excluding hydrogens is 308 g/mol. The lowest BCUT2D eigenvalue weighted by molar-refractivity contribution is -0.116. The van der Waals surface area contributed by atoms with E-state index in [2.05, 4.69) is 5.32 Å². The zero-order valence-electron chi connectivity index (χ0n) is 14.6. The van der Waals surface area contributed by atoms with Gasteiger partial charge in [-0.25, -0.2) is 4.79 Å². The molecule has 132 valence electrons. The zero-order chi connectivity index (χ0) is 17.2. The Kier molecular flexibility index (Phi) is 4.96. The van der Waals surface area contributed by atoms with Crippen LogP contribution in [-0.2, 0) is 9.47 Å². The lowest BCUT2D eigenvalue weighted by Crippen LogP contribution is -2.54. The zero-order valence-corrected chi connectivity index (χ0v) is 14.6. The number of urea groups is 1. The highest BCUT2D eigenvalue weighted by molar-refractivity contribution is 5.89. The first-order valence-corrected chi connectivity index (χ1v) is 8.49. The number of amides is 2. The summed E-state index contributed by atoms with van der Waals surface area (Å²) in [6.45, 7) is 8.56. The average Bonchev–Trinajstić information content (AvgIpc) is 3.00. The van der Waals surface area contributed by atoms with E-state index in [1.807, 2.05) is 45.0 Å². The number of carbonyl (C=O) groups excluding carboxylic acids is 1. The third kappa shape index (κ3) is 4.39. The van der Waals surface area contributed by atoms with Gasteiger partial charge >= 0.3 is 6.03 Å². The van der Waals surface area contributed by atoms with E-state index in [9.17, 15) is 4.79 Å². The molecule has 0 bridgehead atoms. The van der Waals surface area contributed by atoms with Crippen LogP contribution >= 0.6 is 0 Å². The lowest BCUT2D eigenvalue weighted by atomic mass is 10.1. The molecular formula is C18H26N2O4. The van der Waals surface area contributed by atoms with Crippen molar-refractivity contribution in [1.82, 2.24) is 4.90 Å². The van der Waals surface area contributed by atoms with E-state index in [-0.39, 0.29) is 23.8 Å². The molecule has 0 aromatic heterocycles. The van der Waals surface area contributed by atoms with Crippen LogP contribution in [0.2, 0.25) is 0 Å². The number of nitrogens with one attached hydrogen (secondary N) is 1. The van der Waals surface area contributed by atoms with Crippen molar-refractivity contribution in [3.63, 3.8) is 0 Å². The van der Waals surface area contributed by atoms with E-state index in [0.717, 1.165) is 24.5 Å². The van der Waals surface area contributed by atoms with Crippen LogP contribution in [0.25, 0.3) is 0 Å². The minimum Gasteiger partial charge on any atom is -0.488 e. The van der Waals surface area contributed by atoms with Crippen molar-refractivity contribution < 1.29 is 19.0 Å². The minimum absolute atomic E-state index is 0.0314. The van der Waals surface area contributed by atoms with Crippen LogP contribution in [0, 0.1) is 0 Å². The molecule has 2 aliphatic rings. The summed E-state index contributed by atoms with van der Waals surface area (Å²) >= 11 is 0. The fourth-order valence-electron chi connectivity index (χ4n) is 3.23. The molecule has 6 heteroatoms. The Morgan fingerprint density at radius 2 is 2.08 bits per heavy atom. The van der Waals surface area contributed by atoms with Gasteiger partial charge in [-0.05, 0) is 45.0 Å². The number of nitrogens with zero attached hydrogens (tertiary/aromatic N) is 1. The summed E-state index contributed by atoms with van der Waals surface area (Å²) in [5.41, 5.74) is 0.433. The van der Waals surface area contributed by atoms with Gasteiger partial charge in [0.1, 0.15) is 11.9 Å². The summed E-state index contributed by atoms with van der Waals surface area (Å²) in [7, 11) is 0. The van der Waals surface area contributed by atoms with Crippen molar-refractivity contribution in [3.8, 4) is 5.75 Å². The Labute approximate surface area is 143 Å². The molecule has 2 heterocycles.